The lowest BCUT2D eigenvalue weighted by atomic mass is 10.1. The van der Waals surface area contributed by atoms with Gasteiger partial charge in [0.15, 0.2) is 0 Å². The van der Waals surface area contributed by atoms with Crippen LogP contribution in [0.25, 0.3) is 0 Å². The molecule has 1 unspecified atom stereocenters. The van der Waals surface area contributed by atoms with Crippen LogP contribution in [-0.2, 0) is 26.2 Å². The molecule has 1 aliphatic rings. The smallest absolute Gasteiger partial charge is 0.264 e. The highest BCUT2D eigenvalue weighted by molar-refractivity contribution is 7.92. The Bertz CT molecular complexity index is 1510. The molecule has 1 aliphatic carbocycles. The molecular formula is C31H34Cl2FN3O4S. The van der Waals surface area contributed by atoms with Gasteiger partial charge in [0, 0.05) is 12.6 Å². The van der Waals surface area contributed by atoms with Gasteiger partial charge in [0.25, 0.3) is 10.0 Å². The van der Waals surface area contributed by atoms with Gasteiger partial charge in [-0.25, -0.2) is 12.8 Å². The molecule has 0 radical (unpaired) electrons. The molecule has 0 bridgehead atoms. The van der Waals surface area contributed by atoms with E-state index in [-0.39, 0.29) is 29.1 Å². The Labute approximate surface area is 256 Å². The van der Waals surface area contributed by atoms with Crippen LogP contribution in [0.4, 0.5) is 10.1 Å². The normalized spacial score (nSPS) is 14.4. The van der Waals surface area contributed by atoms with Crippen molar-refractivity contribution in [2.45, 2.75) is 69.5 Å². The topological polar surface area (TPSA) is 86.8 Å². The highest BCUT2D eigenvalue weighted by Gasteiger charge is 2.34. The minimum atomic E-state index is -4.29. The first-order valence-electron chi connectivity index (χ1n) is 13.9. The van der Waals surface area contributed by atoms with Crippen LogP contribution in [0.3, 0.4) is 0 Å². The molecule has 7 nitrogen and oxygen atoms in total. The predicted octanol–water partition coefficient (Wildman–Crippen LogP) is 6.50. The van der Waals surface area contributed by atoms with Gasteiger partial charge in [0.1, 0.15) is 18.4 Å². The van der Waals surface area contributed by atoms with Gasteiger partial charge in [0.2, 0.25) is 11.8 Å². The highest BCUT2D eigenvalue weighted by Crippen LogP contribution is 2.27. The Morgan fingerprint density at radius 2 is 1.62 bits per heavy atom. The fourth-order valence-electron chi connectivity index (χ4n) is 5.10. The predicted molar refractivity (Wildman–Crippen MR) is 164 cm³/mol. The van der Waals surface area contributed by atoms with Crippen molar-refractivity contribution in [2.75, 3.05) is 10.8 Å². The summed E-state index contributed by atoms with van der Waals surface area (Å²) in [5, 5.41) is 3.72. The number of halogens is 3. The molecule has 0 heterocycles. The summed E-state index contributed by atoms with van der Waals surface area (Å²) in [7, 11) is -4.29. The molecule has 1 fully saturated rings. The van der Waals surface area contributed by atoms with Gasteiger partial charge in [-0.2, -0.15) is 0 Å². The van der Waals surface area contributed by atoms with Gasteiger partial charge in [-0.3, -0.25) is 13.9 Å². The Kier molecular flexibility index (Phi) is 10.5. The summed E-state index contributed by atoms with van der Waals surface area (Å²) in [5.74, 6) is -1.46. The first kappa shape index (κ1) is 31.8. The Morgan fingerprint density at radius 1 is 0.976 bits per heavy atom. The van der Waals surface area contributed by atoms with Crippen molar-refractivity contribution in [3.63, 3.8) is 0 Å². The third-order valence-electron chi connectivity index (χ3n) is 7.43. The fourth-order valence-corrected chi connectivity index (χ4v) is 6.83. The number of nitrogens with one attached hydrogen (secondary N) is 1. The number of anilines is 1. The summed E-state index contributed by atoms with van der Waals surface area (Å²) < 4.78 is 42.3. The molecule has 4 rings (SSSR count). The Balaban J connectivity index is 1.72. The highest BCUT2D eigenvalue weighted by atomic mass is 35.5. The van der Waals surface area contributed by atoms with Crippen molar-refractivity contribution in [1.29, 1.82) is 0 Å². The van der Waals surface area contributed by atoms with Crippen LogP contribution in [0.5, 0.6) is 0 Å². The van der Waals surface area contributed by atoms with Crippen molar-refractivity contribution in [3.8, 4) is 0 Å². The number of hydrogen-bond donors (Lipinski definition) is 1. The zero-order valence-corrected chi connectivity index (χ0v) is 25.9. The average Bonchev–Trinajstić information content (AvgIpc) is 3.47. The number of nitrogens with zero attached hydrogens (tertiary/aromatic N) is 2. The maximum atomic E-state index is 14.1. The molecule has 0 saturated heterocycles. The van der Waals surface area contributed by atoms with E-state index in [0.29, 0.717) is 22.0 Å². The van der Waals surface area contributed by atoms with Gasteiger partial charge in [-0.1, -0.05) is 66.7 Å². The maximum absolute atomic E-state index is 14.1. The lowest BCUT2D eigenvalue weighted by Gasteiger charge is -2.34. The van der Waals surface area contributed by atoms with Crippen molar-refractivity contribution >= 4 is 50.7 Å². The molecule has 1 atom stereocenters. The average molecular weight is 635 g/mol. The van der Waals surface area contributed by atoms with Crippen LogP contribution in [0, 0.1) is 12.7 Å². The van der Waals surface area contributed by atoms with E-state index < -0.39 is 34.3 Å². The van der Waals surface area contributed by atoms with E-state index in [4.69, 9.17) is 23.2 Å². The van der Waals surface area contributed by atoms with E-state index in [1.807, 2.05) is 6.92 Å². The van der Waals surface area contributed by atoms with E-state index in [2.05, 4.69) is 5.32 Å². The molecule has 3 aromatic rings. The third-order valence-corrected chi connectivity index (χ3v) is 9.95. The minimum Gasteiger partial charge on any atom is -0.352 e. The van der Waals surface area contributed by atoms with E-state index in [9.17, 15) is 22.4 Å². The molecule has 0 spiro atoms. The molecule has 224 valence electrons. The summed E-state index contributed by atoms with van der Waals surface area (Å²) in [6.45, 7) is 3.09. The zero-order chi connectivity index (χ0) is 30.4. The molecule has 2 amide bonds. The first-order valence-corrected chi connectivity index (χ1v) is 16.1. The summed E-state index contributed by atoms with van der Waals surface area (Å²) in [5.41, 5.74) is 1.80. The summed E-state index contributed by atoms with van der Waals surface area (Å²) in [6, 6.07) is 15.3. The van der Waals surface area contributed by atoms with E-state index in [1.54, 1.807) is 49.4 Å². The van der Waals surface area contributed by atoms with Crippen LogP contribution in [-0.4, -0.2) is 43.8 Å². The number of hydrogen-bond acceptors (Lipinski definition) is 4. The molecule has 1 saturated carbocycles. The minimum absolute atomic E-state index is 0.00461. The molecule has 3 aromatic carbocycles. The second-order valence-electron chi connectivity index (χ2n) is 10.5. The number of amides is 2. The van der Waals surface area contributed by atoms with Crippen LogP contribution in [0.1, 0.15) is 50.2 Å². The number of aryl methyl sites for hydroxylation is 1. The van der Waals surface area contributed by atoms with Crippen molar-refractivity contribution in [3.05, 3.63) is 93.7 Å². The lowest BCUT2D eigenvalue weighted by Crippen LogP contribution is -2.53. The largest absolute Gasteiger partial charge is 0.352 e. The van der Waals surface area contributed by atoms with Crippen molar-refractivity contribution in [1.82, 2.24) is 10.2 Å². The number of rotatable bonds is 11. The quantitative estimate of drug-likeness (QED) is 0.261. The summed E-state index contributed by atoms with van der Waals surface area (Å²) in [4.78, 5) is 28.9. The van der Waals surface area contributed by atoms with Crippen LogP contribution >= 0.6 is 23.2 Å². The molecular weight excluding hydrogens is 600 g/mol. The number of carbonyl (C=O) groups excluding carboxylic acids is 2. The SMILES string of the molecule is CCC(C(=O)NC1CCCC1)N(Cc1ccc(Cl)c(Cl)c1)C(=O)CN(c1ccc(C)cc1)S(=O)(=O)c1ccc(F)cc1. The summed E-state index contributed by atoms with van der Waals surface area (Å²) in [6.07, 6.45) is 4.11. The van der Waals surface area contributed by atoms with E-state index >= 15 is 0 Å². The van der Waals surface area contributed by atoms with Gasteiger partial charge < -0.3 is 10.2 Å². The van der Waals surface area contributed by atoms with Gasteiger partial charge >= 0.3 is 0 Å². The van der Waals surface area contributed by atoms with E-state index in [0.717, 1.165) is 59.8 Å². The molecule has 0 aromatic heterocycles. The Morgan fingerprint density at radius 3 is 2.21 bits per heavy atom. The summed E-state index contributed by atoms with van der Waals surface area (Å²) >= 11 is 12.4. The monoisotopic (exact) mass is 633 g/mol. The van der Waals surface area contributed by atoms with Crippen LogP contribution in [0.15, 0.2) is 71.6 Å². The standard InChI is InChI=1S/C31H34Cl2FN3O4S/c1-3-29(31(39)35-24-6-4-5-7-24)36(19-22-10-17-27(32)28(33)18-22)30(38)20-37(25-13-8-21(2)9-14-25)42(40,41)26-15-11-23(34)12-16-26/h8-18,24,29H,3-7,19-20H2,1-2H3,(H,35,39). The molecule has 42 heavy (non-hydrogen) atoms. The van der Waals surface area contributed by atoms with Crippen molar-refractivity contribution < 1.29 is 22.4 Å². The Hall–Kier alpha value is -3.14. The maximum Gasteiger partial charge on any atom is 0.264 e. The van der Waals surface area contributed by atoms with E-state index in [1.165, 1.54) is 4.90 Å². The van der Waals surface area contributed by atoms with Gasteiger partial charge in [-0.05, 0) is 80.3 Å². The second-order valence-corrected chi connectivity index (χ2v) is 13.2. The van der Waals surface area contributed by atoms with Gasteiger partial charge in [-0.15, -0.1) is 0 Å². The van der Waals surface area contributed by atoms with Crippen LogP contribution in [0.2, 0.25) is 10.0 Å². The number of carbonyl (C=O) groups is 2. The number of benzene rings is 3. The zero-order valence-electron chi connectivity index (χ0n) is 23.5. The lowest BCUT2D eigenvalue weighted by molar-refractivity contribution is -0.140. The number of sulfonamides is 1. The first-order chi connectivity index (χ1) is 20.0. The molecule has 1 N–H and O–H groups in total. The third kappa shape index (κ3) is 7.62. The fraction of sp³-hybridized carbons (Fsp3) is 0.355. The second kappa shape index (κ2) is 13.9. The van der Waals surface area contributed by atoms with Crippen molar-refractivity contribution in [2.24, 2.45) is 0 Å². The van der Waals surface area contributed by atoms with Crippen LogP contribution < -0.4 is 9.62 Å². The molecule has 0 aliphatic heterocycles. The van der Waals surface area contributed by atoms with Gasteiger partial charge in [0.05, 0.1) is 20.6 Å². The molecule has 11 heteroatoms.